The summed E-state index contributed by atoms with van der Waals surface area (Å²) in [4.78, 5) is 0. The van der Waals surface area contributed by atoms with E-state index >= 15 is 0 Å². The number of hydrogen-bond donors (Lipinski definition) is 2. The summed E-state index contributed by atoms with van der Waals surface area (Å²) in [6.07, 6.45) is 2.85. The fraction of sp³-hybridized carbons (Fsp3) is 0.333. The summed E-state index contributed by atoms with van der Waals surface area (Å²) >= 11 is 5.20. The smallest absolute Gasteiger partial charge is 0.187 e. The maximum Gasteiger partial charge on any atom is 0.187 e. The molecule has 0 bridgehead atoms. The Morgan fingerprint density at radius 1 is 1.33 bits per heavy atom. The Bertz CT molecular complexity index is 724. The van der Waals surface area contributed by atoms with E-state index in [1.807, 2.05) is 36.4 Å². The highest BCUT2D eigenvalue weighted by Gasteiger charge is 2.36. The Labute approximate surface area is 147 Å². The zero-order valence-electron chi connectivity index (χ0n) is 13.8. The van der Waals surface area contributed by atoms with Gasteiger partial charge < -0.3 is 14.5 Å². The second kappa shape index (κ2) is 7.49. The Balaban J connectivity index is 1.42. The highest BCUT2D eigenvalue weighted by Crippen LogP contribution is 2.47. The number of methoxy groups -OCH3 is 1. The number of thiocarbonyl (C=S) groups is 1. The average molecular weight is 343 g/mol. The highest BCUT2D eigenvalue weighted by atomic mass is 32.1. The molecule has 0 aliphatic heterocycles. The molecule has 2 N–H and O–H groups in total. The van der Waals surface area contributed by atoms with Crippen molar-refractivity contribution in [3.63, 3.8) is 0 Å². The number of hydrogen-bond acceptors (Lipinski definition) is 4. The molecular weight excluding hydrogens is 322 g/mol. The van der Waals surface area contributed by atoms with Crippen molar-refractivity contribution in [2.75, 3.05) is 7.11 Å². The molecule has 0 radical (unpaired) electrons. The number of nitrogens with one attached hydrogen (secondary N) is 2. The molecule has 2 aromatic rings. The number of rotatable bonds is 6. The van der Waals surface area contributed by atoms with Crippen LogP contribution in [-0.2, 0) is 6.54 Å². The van der Waals surface area contributed by atoms with Crippen molar-refractivity contribution in [1.82, 2.24) is 10.7 Å². The van der Waals surface area contributed by atoms with E-state index in [0.29, 0.717) is 17.6 Å². The molecule has 5 nitrogen and oxygen atoms in total. The van der Waals surface area contributed by atoms with Crippen LogP contribution in [0.25, 0.3) is 0 Å². The lowest BCUT2D eigenvalue weighted by Crippen LogP contribution is -2.31. The average Bonchev–Trinajstić information content (AvgIpc) is 3.14. The lowest BCUT2D eigenvalue weighted by molar-refractivity contribution is 0.414. The standard InChI is InChI=1S/C18H21N3O2S/c1-12-9-16(12)17-8-7-15(23-17)11-20-21-18(24)19-10-13-3-5-14(22-2)6-4-13/h3-8,11-12,16H,9-10H2,1-2H3,(H2,19,21,24)/b20-11-/t12-,16+/m1/s1. The van der Waals surface area contributed by atoms with Crippen LogP contribution in [0.1, 0.15) is 36.3 Å². The summed E-state index contributed by atoms with van der Waals surface area (Å²) in [5.41, 5.74) is 3.90. The van der Waals surface area contributed by atoms with E-state index in [2.05, 4.69) is 22.8 Å². The van der Waals surface area contributed by atoms with Crippen LogP contribution in [-0.4, -0.2) is 18.4 Å². The molecular formula is C18H21N3O2S. The minimum absolute atomic E-state index is 0.463. The molecule has 0 spiro atoms. The Hall–Kier alpha value is -2.34. The van der Waals surface area contributed by atoms with Crippen LogP contribution in [0, 0.1) is 5.92 Å². The predicted octanol–water partition coefficient (Wildman–Crippen LogP) is 3.41. The second-order valence-electron chi connectivity index (χ2n) is 5.96. The molecule has 0 amide bonds. The monoisotopic (exact) mass is 343 g/mol. The molecule has 2 atom stereocenters. The first-order chi connectivity index (χ1) is 11.7. The first-order valence-electron chi connectivity index (χ1n) is 7.95. The number of ether oxygens (including phenoxy) is 1. The van der Waals surface area contributed by atoms with Crippen molar-refractivity contribution in [2.45, 2.75) is 25.8 Å². The van der Waals surface area contributed by atoms with Crippen LogP contribution in [0.15, 0.2) is 45.9 Å². The van der Waals surface area contributed by atoms with E-state index in [9.17, 15) is 0 Å². The maximum atomic E-state index is 5.75. The fourth-order valence-electron chi connectivity index (χ4n) is 2.48. The highest BCUT2D eigenvalue weighted by molar-refractivity contribution is 7.80. The van der Waals surface area contributed by atoms with Crippen LogP contribution in [0.2, 0.25) is 0 Å². The van der Waals surface area contributed by atoms with Gasteiger partial charge in [0.1, 0.15) is 17.3 Å². The number of hydrazone groups is 1. The predicted molar refractivity (Wildman–Crippen MR) is 98.4 cm³/mol. The summed E-state index contributed by atoms with van der Waals surface area (Å²) in [6, 6.07) is 11.8. The molecule has 1 saturated carbocycles. The minimum Gasteiger partial charge on any atom is -0.497 e. The van der Waals surface area contributed by atoms with Crippen LogP contribution < -0.4 is 15.5 Å². The van der Waals surface area contributed by atoms with Gasteiger partial charge in [-0.2, -0.15) is 5.10 Å². The van der Waals surface area contributed by atoms with Crippen molar-refractivity contribution >= 4 is 23.5 Å². The maximum absolute atomic E-state index is 5.75. The zero-order valence-corrected chi connectivity index (χ0v) is 14.6. The third kappa shape index (κ3) is 4.35. The van der Waals surface area contributed by atoms with Crippen molar-refractivity contribution in [1.29, 1.82) is 0 Å². The van der Waals surface area contributed by atoms with Gasteiger partial charge in [0.2, 0.25) is 0 Å². The van der Waals surface area contributed by atoms with Crippen molar-refractivity contribution in [3.8, 4) is 5.75 Å². The van der Waals surface area contributed by atoms with Gasteiger partial charge in [0.15, 0.2) is 5.11 Å². The third-order valence-electron chi connectivity index (χ3n) is 4.09. The van der Waals surface area contributed by atoms with Gasteiger partial charge in [0, 0.05) is 12.5 Å². The topological polar surface area (TPSA) is 58.8 Å². The van der Waals surface area contributed by atoms with Gasteiger partial charge in [-0.25, -0.2) is 0 Å². The molecule has 1 aromatic heterocycles. The van der Waals surface area contributed by atoms with Gasteiger partial charge in [0.05, 0.1) is 13.3 Å². The molecule has 126 valence electrons. The van der Waals surface area contributed by atoms with Crippen molar-refractivity contribution in [3.05, 3.63) is 53.5 Å². The number of benzene rings is 1. The van der Waals surface area contributed by atoms with Gasteiger partial charge in [-0.3, -0.25) is 5.43 Å². The van der Waals surface area contributed by atoms with E-state index < -0.39 is 0 Å². The molecule has 6 heteroatoms. The lowest BCUT2D eigenvalue weighted by Gasteiger charge is -2.07. The van der Waals surface area contributed by atoms with Gasteiger partial charge in [-0.15, -0.1) is 0 Å². The van der Waals surface area contributed by atoms with Crippen molar-refractivity contribution in [2.24, 2.45) is 11.0 Å². The Morgan fingerprint density at radius 3 is 2.75 bits per heavy atom. The van der Waals surface area contributed by atoms with Gasteiger partial charge in [-0.05, 0) is 54.4 Å². The molecule has 24 heavy (non-hydrogen) atoms. The molecule has 1 fully saturated rings. The summed E-state index contributed by atoms with van der Waals surface area (Å²) in [6.45, 7) is 2.85. The van der Waals surface area contributed by atoms with Gasteiger partial charge in [0.25, 0.3) is 0 Å². The van der Waals surface area contributed by atoms with Crippen LogP contribution >= 0.6 is 12.2 Å². The molecule has 3 rings (SSSR count). The SMILES string of the molecule is COc1ccc(CNC(=S)N/N=C\c2ccc([C@H]3C[C@H]3C)o2)cc1. The second-order valence-corrected chi connectivity index (χ2v) is 6.37. The summed E-state index contributed by atoms with van der Waals surface area (Å²) in [5, 5.41) is 7.66. The van der Waals surface area contributed by atoms with Crippen LogP contribution in [0.5, 0.6) is 5.75 Å². The molecule has 0 saturated heterocycles. The van der Waals surface area contributed by atoms with Crippen LogP contribution in [0.4, 0.5) is 0 Å². The molecule has 1 heterocycles. The summed E-state index contributed by atoms with van der Waals surface area (Å²) in [5.74, 6) is 3.92. The number of furan rings is 1. The Morgan fingerprint density at radius 2 is 2.08 bits per heavy atom. The molecule has 1 aliphatic carbocycles. The first-order valence-corrected chi connectivity index (χ1v) is 8.36. The molecule has 0 unspecified atom stereocenters. The largest absolute Gasteiger partial charge is 0.497 e. The van der Waals surface area contributed by atoms with Gasteiger partial charge in [-0.1, -0.05) is 19.1 Å². The zero-order chi connectivity index (χ0) is 16.9. The van der Waals surface area contributed by atoms with E-state index in [1.165, 1.54) is 6.42 Å². The van der Waals surface area contributed by atoms with Gasteiger partial charge >= 0.3 is 0 Å². The number of nitrogens with zero attached hydrogens (tertiary/aromatic N) is 1. The summed E-state index contributed by atoms with van der Waals surface area (Å²) < 4.78 is 10.9. The quantitative estimate of drug-likeness (QED) is 0.478. The van der Waals surface area contributed by atoms with E-state index in [1.54, 1.807) is 13.3 Å². The van der Waals surface area contributed by atoms with E-state index in [-0.39, 0.29) is 0 Å². The normalized spacial score (nSPS) is 19.2. The summed E-state index contributed by atoms with van der Waals surface area (Å²) in [7, 11) is 1.65. The van der Waals surface area contributed by atoms with Crippen molar-refractivity contribution < 1.29 is 9.15 Å². The first kappa shape index (κ1) is 16.5. The van der Waals surface area contributed by atoms with E-state index in [0.717, 1.165) is 28.8 Å². The molecule has 1 aliphatic rings. The third-order valence-corrected chi connectivity index (χ3v) is 4.33. The molecule has 1 aromatic carbocycles. The lowest BCUT2D eigenvalue weighted by atomic mass is 10.2. The van der Waals surface area contributed by atoms with E-state index in [4.69, 9.17) is 21.4 Å². The van der Waals surface area contributed by atoms with Crippen LogP contribution in [0.3, 0.4) is 0 Å². The minimum atomic E-state index is 0.463. The fourth-order valence-corrected chi connectivity index (χ4v) is 2.60. The Kier molecular flexibility index (Phi) is 5.15.